The highest BCUT2D eigenvalue weighted by atomic mass is 32.2. The fourth-order valence-corrected chi connectivity index (χ4v) is 4.91. The molecule has 12 heteroatoms. The highest BCUT2D eigenvalue weighted by molar-refractivity contribution is 7.99. The lowest BCUT2D eigenvalue weighted by molar-refractivity contribution is -0.113. The molecule has 10 nitrogen and oxygen atoms in total. The number of nitrogens with one attached hydrogen (secondary N) is 1. The summed E-state index contributed by atoms with van der Waals surface area (Å²) in [5, 5.41) is 24.2. The van der Waals surface area contributed by atoms with Crippen LogP contribution >= 0.6 is 11.8 Å². The van der Waals surface area contributed by atoms with Crippen molar-refractivity contribution in [3.8, 4) is 6.07 Å². The van der Waals surface area contributed by atoms with Crippen molar-refractivity contribution in [1.29, 1.82) is 5.26 Å². The van der Waals surface area contributed by atoms with Gasteiger partial charge in [0, 0.05) is 13.6 Å². The van der Waals surface area contributed by atoms with E-state index in [1.54, 1.807) is 35.9 Å². The number of aryl methyl sites for hydroxylation is 2. The molecular formula is C19H21N7O3S2. The van der Waals surface area contributed by atoms with E-state index in [1.165, 1.54) is 10.9 Å². The van der Waals surface area contributed by atoms with E-state index in [2.05, 4.69) is 20.6 Å². The molecule has 0 radical (unpaired) electrons. The van der Waals surface area contributed by atoms with Crippen LogP contribution in [0.1, 0.15) is 23.9 Å². The van der Waals surface area contributed by atoms with Gasteiger partial charge in [0.15, 0.2) is 15.0 Å². The van der Waals surface area contributed by atoms with Gasteiger partial charge in [-0.1, -0.05) is 29.5 Å². The van der Waals surface area contributed by atoms with Crippen LogP contribution in [0.25, 0.3) is 0 Å². The van der Waals surface area contributed by atoms with Gasteiger partial charge in [0.2, 0.25) is 5.91 Å². The van der Waals surface area contributed by atoms with Crippen molar-refractivity contribution in [2.45, 2.75) is 36.2 Å². The SMILES string of the molecule is CCn1c(CS(=O)(=O)c2ccc(C)cc2)nnc1SCC(=O)Nc1c(C#N)cnn1C. The molecule has 31 heavy (non-hydrogen) atoms. The lowest BCUT2D eigenvalue weighted by atomic mass is 10.2. The van der Waals surface area contributed by atoms with E-state index in [9.17, 15) is 13.2 Å². The highest BCUT2D eigenvalue weighted by Gasteiger charge is 2.22. The molecule has 1 amide bonds. The first kappa shape index (κ1) is 22.5. The maximum Gasteiger partial charge on any atom is 0.236 e. The first-order chi connectivity index (χ1) is 14.7. The van der Waals surface area contributed by atoms with Crippen molar-refractivity contribution in [3.05, 3.63) is 47.4 Å². The van der Waals surface area contributed by atoms with Gasteiger partial charge in [0.1, 0.15) is 29.0 Å². The van der Waals surface area contributed by atoms with Gasteiger partial charge < -0.3 is 9.88 Å². The number of benzene rings is 1. The normalized spacial score (nSPS) is 11.3. The number of carbonyl (C=O) groups excluding carboxylic acids is 1. The van der Waals surface area contributed by atoms with E-state index >= 15 is 0 Å². The number of aromatic nitrogens is 5. The lowest BCUT2D eigenvalue weighted by Crippen LogP contribution is -2.18. The summed E-state index contributed by atoms with van der Waals surface area (Å²) in [4.78, 5) is 12.5. The lowest BCUT2D eigenvalue weighted by Gasteiger charge is -2.09. The molecule has 0 saturated carbocycles. The topological polar surface area (TPSA) is 136 Å². The minimum absolute atomic E-state index is 0.0128. The van der Waals surface area contributed by atoms with E-state index in [0.717, 1.165) is 17.3 Å². The number of hydrogen-bond donors (Lipinski definition) is 1. The van der Waals surface area contributed by atoms with Crippen molar-refractivity contribution in [2.75, 3.05) is 11.1 Å². The minimum atomic E-state index is -3.58. The molecule has 0 aliphatic rings. The quantitative estimate of drug-likeness (QED) is 0.505. The molecule has 1 N–H and O–H groups in total. The zero-order valence-electron chi connectivity index (χ0n) is 17.2. The fraction of sp³-hybridized carbons (Fsp3) is 0.316. The summed E-state index contributed by atoms with van der Waals surface area (Å²) < 4.78 is 28.6. The number of nitriles is 1. The van der Waals surface area contributed by atoms with Gasteiger partial charge in [-0.05, 0) is 26.0 Å². The molecule has 0 fully saturated rings. The van der Waals surface area contributed by atoms with Crippen LogP contribution in [-0.2, 0) is 34.0 Å². The summed E-state index contributed by atoms with van der Waals surface area (Å²) in [6, 6.07) is 8.61. The Hall–Kier alpha value is -3.17. The van der Waals surface area contributed by atoms with Crippen LogP contribution in [0.4, 0.5) is 5.82 Å². The van der Waals surface area contributed by atoms with Crippen molar-refractivity contribution in [3.63, 3.8) is 0 Å². The van der Waals surface area contributed by atoms with Crippen molar-refractivity contribution in [1.82, 2.24) is 24.5 Å². The second-order valence-corrected chi connectivity index (χ2v) is 9.63. The Morgan fingerprint density at radius 1 is 1.26 bits per heavy atom. The molecule has 2 heterocycles. The van der Waals surface area contributed by atoms with Crippen LogP contribution in [0.3, 0.4) is 0 Å². The van der Waals surface area contributed by atoms with Gasteiger partial charge in [0.05, 0.1) is 16.8 Å². The fourth-order valence-electron chi connectivity index (χ4n) is 2.81. The standard InChI is InChI=1S/C19H21N7O3S2/c1-4-26-16(12-31(28,29)15-7-5-13(2)6-8-15)23-24-19(26)30-11-17(27)22-18-14(9-20)10-21-25(18)3/h5-8,10H,4,11-12H2,1-3H3,(H,22,27). The number of anilines is 1. The molecule has 0 spiro atoms. The number of hydrogen-bond acceptors (Lipinski definition) is 8. The number of rotatable bonds is 8. The maximum atomic E-state index is 12.7. The first-order valence-electron chi connectivity index (χ1n) is 9.31. The van der Waals surface area contributed by atoms with Crippen LogP contribution in [0.2, 0.25) is 0 Å². The van der Waals surface area contributed by atoms with E-state index in [0.29, 0.717) is 23.3 Å². The Bertz CT molecular complexity index is 1240. The van der Waals surface area contributed by atoms with Crippen LogP contribution in [0, 0.1) is 18.3 Å². The summed E-state index contributed by atoms with van der Waals surface area (Å²) in [5.74, 6) is 0.00669. The predicted octanol–water partition coefficient (Wildman–Crippen LogP) is 1.92. The van der Waals surface area contributed by atoms with Crippen molar-refractivity contribution >= 4 is 33.3 Å². The molecule has 2 aromatic heterocycles. The van der Waals surface area contributed by atoms with E-state index in [1.807, 2.05) is 19.9 Å². The third-order valence-electron chi connectivity index (χ3n) is 4.46. The molecule has 162 valence electrons. The summed E-state index contributed by atoms with van der Waals surface area (Å²) in [6.07, 6.45) is 1.37. The second kappa shape index (κ2) is 9.32. The van der Waals surface area contributed by atoms with Gasteiger partial charge in [-0.3, -0.25) is 9.48 Å². The number of carbonyl (C=O) groups is 1. The molecule has 0 unspecified atom stereocenters. The maximum absolute atomic E-state index is 12.7. The zero-order valence-corrected chi connectivity index (χ0v) is 18.9. The van der Waals surface area contributed by atoms with E-state index in [4.69, 9.17) is 5.26 Å². The summed E-state index contributed by atoms with van der Waals surface area (Å²) in [5.41, 5.74) is 1.24. The largest absolute Gasteiger partial charge is 0.309 e. The van der Waals surface area contributed by atoms with Crippen molar-refractivity contribution < 1.29 is 13.2 Å². The first-order valence-corrected chi connectivity index (χ1v) is 11.9. The Morgan fingerprint density at radius 3 is 2.61 bits per heavy atom. The van der Waals surface area contributed by atoms with E-state index in [-0.39, 0.29) is 27.9 Å². The zero-order chi connectivity index (χ0) is 22.6. The average Bonchev–Trinajstić information content (AvgIpc) is 3.28. The second-order valence-electron chi connectivity index (χ2n) is 6.69. The van der Waals surface area contributed by atoms with Gasteiger partial charge in [0.25, 0.3) is 0 Å². The van der Waals surface area contributed by atoms with Gasteiger partial charge >= 0.3 is 0 Å². The Labute approximate surface area is 184 Å². The minimum Gasteiger partial charge on any atom is -0.309 e. The molecule has 0 saturated heterocycles. The Balaban J connectivity index is 1.70. The van der Waals surface area contributed by atoms with Crippen molar-refractivity contribution in [2.24, 2.45) is 7.05 Å². The smallest absolute Gasteiger partial charge is 0.236 e. The van der Waals surface area contributed by atoms with Gasteiger partial charge in [-0.15, -0.1) is 10.2 Å². The summed E-state index contributed by atoms with van der Waals surface area (Å²) in [7, 11) is -1.96. The molecule has 3 rings (SSSR count). The summed E-state index contributed by atoms with van der Waals surface area (Å²) in [6.45, 7) is 4.19. The number of amides is 1. The Kier molecular flexibility index (Phi) is 6.77. The summed E-state index contributed by atoms with van der Waals surface area (Å²) >= 11 is 1.14. The van der Waals surface area contributed by atoms with Gasteiger partial charge in [-0.25, -0.2) is 8.42 Å². The van der Waals surface area contributed by atoms with Gasteiger partial charge in [-0.2, -0.15) is 10.4 Å². The third kappa shape index (κ3) is 5.12. The molecular weight excluding hydrogens is 438 g/mol. The molecule has 0 aliphatic heterocycles. The number of thioether (sulfide) groups is 1. The molecule has 0 bridgehead atoms. The van der Waals surface area contributed by atoms with Crippen LogP contribution in [-0.4, -0.2) is 44.6 Å². The Morgan fingerprint density at radius 2 is 1.97 bits per heavy atom. The molecule has 0 atom stereocenters. The molecule has 3 aromatic rings. The molecule has 0 aliphatic carbocycles. The third-order valence-corrected chi connectivity index (χ3v) is 7.05. The van der Waals surface area contributed by atoms with Crippen LogP contribution < -0.4 is 5.32 Å². The highest BCUT2D eigenvalue weighted by Crippen LogP contribution is 2.22. The molecule has 1 aromatic carbocycles. The average molecular weight is 460 g/mol. The number of sulfone groups is 1. The van der Waals surface area contributed by atoms with E-state index < -0.39 is 9.84 Å². The van der Waals surface area contributed by atoms with Crippen LogP contribution in [0.5, 0.6) is 0 Å². The number of nitrogens with zero attached hydrogens (tertiary/aromatic N) is 6. The monoisotopic (exact) mass is 459 g/mol. The van der Waals surface area contributed by atoms with Crippen LogP contribution in [0.15, 0.2) is 40.5 Å². The predicted molar refractivity (Wildman–Crippen MR) is 115 cm³/mol.